The SMILES string of the molecule is CCN(CC(C)C#N)C(=O)N[C@@H](CCSC)C(=O)O. The van der Waals surface area contributed by atoms with Gasteiger partial charge in [0.2, 0.25) is 0 Å². The van der Waals surface area contributed by atoms with Gasteiger partial charge in [-0.2, -0.15) is 17.0 Å². The van der Waals surface area contributed by atoms with E-state index in [-0.39, 0.29) is 5.92 Å². The maximum atomic E-state index is 11.9. The Morgan fingerprint density at radius 1 is 1.53 bits per heavy atom. The summed E-state index contributed by atoms with van der Waals surface area (Å²) >= 11 is 1.53. The highest BCUT2D eigenvalue weighted by Gasteiger charge is 2.22. The molecule has 6 nitrogen and oxygen atoms in total. The number of carbonyl (C=O) groups excluding carboxylic acids is 1. The van der Waals surface area contributed by atoms with Crippen LogP contribution in [0, 0.1) is 17.2 Å². The molecule has 0 heterocycles. The number of nitrogens with zero attached hydrogens (tertiary/aromatic N) is 2. The number of hydrogen-bond acceptors (Lipinski definition) is 4. The van der Waals surface area contributed by atoms with Crippen LogP contribution in [0.2, 0.25) is 0 Å². The molecule has 0 rings (SSSR count). The highest BCUT2D eigenvalue weighted by atomic mass is 32.2. The predicted octanol–water partition coefficient (Wildman–Crippen LogP) is 1.38. The third-order valence-corrected chi connectivity index (χ3v) is 3.23. The van der Waals surface area contributed by atoms with Crippen molar-refractivity contribution < 1.29 is 14.7 Å². The van der Waals surface area contributed by atoms with E-state index >= 15 is 0 Å². The van der Waals surface area contributed by atoms with Crippen LogP contribution in [0.3, 0.4) is 0 Å². The summed E-state index contributed by atoms with van der Waals surface area (Å²) in [5.41, 5.74) is 0. The number of carboxylic acids is 1. The maximum Gasteiger partial charge on any atom is 0.326 e. The zero-order chi connectivity index (χ0) is 14.8. The average molecular weight is 287 g/mol. The van der Waals surface area contributed by atoms with Gasteiger partial charge in [-0.1, -0.05) is 0 Å². The molecule has 0 radical (unpaired) electrons. The summed E-state index contributed by atoms with van der Waals surface area (Å²) in [5, 5.41) is 20.3. The molecule has 0 aromatic rings. The van der Waals surface area contributed by atoms with Crippen LogP contribution < -0.4 is 5.32 Å². The van der Waals surface area contributed by atoms with Crippen LogP contribution in [0.1, 0.15) is 20.3 Å². The van der Waals surface area contributed by atoms with Gasteiger partial charge < -0.3 is 15.3 Å². The lowest BCUT2D eigenvalue weighted by Gasteiger charge is -2.24. The monoisotopic (exact) mass is 287 g/mol. The van der Waals surface area contributed by atoms with Gasteiger partial charge in [0.05, 0.1) is 12.0 Å². The first-order chi connectivity index (χ1) is 8.96. The van der Waals surface area contributed by atoms with Crippen LogP contribution in [-0.2, 0) is 4.79 Å². The quantitative estimate of drug-likeness (QED) is 0.703. The van der Waals surface area contributed by atoms with E-state index in [0.717, 1.165) is 0 Å². The molecular formula is C12H21N3O3S. The Morgan fingerprint density at radius 3 is 2.58 bits per heavy atom. The van der Waals surface area contributed by atoms with E-state index < -0.39 is 18.0 Å². The van der Waals surface area contributed by atoms with E-state index in [4.69, 9.17) is 10.4 Å². The molecule has 0 spiro atoms. The standard InChI is InChI=1S/C12H21N3O3S/c1-4-15(8-9(2)7-13)12(18)14-10(11(16)17)5-6-19-3/h9-10H,4-6,8H2,1-3H3,(H,14,18)(H,16,17)/t9?,10-/m0/s1. The number of thioether (sulfide) groups is 1. The molecule has 0 aliphatic heterocycles. The molecule has 2 atom stereocenters. The minimum absolute atomic E-state index is 0.278. The van der Waals surface area contributed by atoms with E-state index in [1.165, 1.54) is 16.7 Å². The average Bonchev–Trinajstić information content (AvgIpc) is 2.39. The van der Waals surface area contributed by atoms with Crippen LogP contribution in [0.15, 0.2) is 0 Å². The first-order valence-electron chi connectivity index (χ1n) is 6.13. The fourth-order valence-electron chi connectivity index (χ4n) is 1.46. The number of amides is 2. The number of aliphatic carboxylic acids is 1. The van der Waals surface area contributed by atoms with Gasteiger partial charge >= 0.3 is 12.0 Å². The van der Waals surface area contributed by atoms with Crippen molar-refractivity contribution in [2.45, 2.75) is 26.3 Å². The first kappa shape index (κ1) is 17.6. The lowest BCUT2D eigenvalue weighted by molar-refractivity contribution is -0.139. The van der Waals surface area contributed by atoms with Crippen molar-refractivity contribution in [1.29, 1.82) is 5.26 Å². The summed E-state index contributed by atoms with van der Waals surface area (Å²) in [7, 11) is 0. The van der Waals surface area contributed by atoms with Crippen molar-refractivity contribution in [3.8, 4) is 6.07 Å². The minimum Gasteiger partial charge on any atom is -0.480 e. The Morgan fingerprint density at radius 2 is 2.16 bits per heavy atom. The molecular weight excluding hydrogens is 266 g/mol. The normalized spacial score (nSPS) is 13.2. The number of hydrogen-bond donors (Lipinski definition) is 2. The Kier molecular flexibility index (Phi) is 8.79. The van der Waals surface area contributed by atoms with Crippen molar-refractivity contribution in [3.05, 3.63) is 0 Å². The fourth-order valence-corrected chi connectivity index (χ4v) is 1.93. The molecule has 0 fully saturated rings. The van der Waals surface area contributed by atoms with Gasteiger partial charge in [0.15, 0.2) is 0 Å². The van der Waals surface area contributed by atoms with Gasteiger partial charge in [-0.15, -0.1) is 0 Å². The second-order valence-electron chi connectivity index (χ2n) is 4.19. The topological polar surface area (TPSA) is 93.4 Å². The molecule has 2 N–H and O–H groups in total. The zero-order valence-corrected chi connectivity index (χ0v) is 12.4. The Labute approximate surface area is 118 Å². The van der Waals surface area contributed by atoms with Crippen molar-refractivity contribution in [2.75, 3.05) is 25.1 Å². The summed E-state index contributed by atoms with van der Waals surface area (Å²) < 4.78 is 0. The van der Waals surface area contributed by atoms with Crippen molar-refractivity contribution in [3.63, 3.8) is 0 Å². The number of carboxylic acid groups (broad SMARTS) is 1. The molecule has 2 amide bonds. The summed E-state index contributed by atoms with van der Waals surface area (Å²) in [6.45, 7) is 4.25. The smallest absolute Gasteiger partial charge is 0.326 e. The van der Waals surface area contributed by atoms with Crippen LogP contribution in [0.5, 0.6) is 0 Å². The van der Waals surface area contributed by atoms with Gasteiger partial charge in [0.25, 0.3) is 0 Å². The predicted molar refractivity (Wildman–Crippen MR) is 75.0 cm³/mol. The molecule has 0 aliphatic rings. The van der Waals surface area contributed by atoms with E-state index in [0.29, 0.717) is 25.3 Å². The van der Waals surface area contributed by atoms with Crippen molar-refractivity contribution in [1.82, 2.24) is 10.2 Å². The fraction of sp³-hybridized carbons (Fsp3) is 0.750. The molecule has 1 unspecified atom stereocenters. The van der Waals surface area contributed by atoms with Gasteiger partial charge in [0.1, 0.15) is 6.04 Å². The number of rotatable bonds is 8. The Hall–Kier alpha value is -1.42. The minimum atomic E-state index is -1.04. The molecule has 7 heteroatoms. The lowest BCUT2D eigenvalue weighted by atomic mass is 10.2. The maximum absolute atomic E-state index is 11.9. The first-order valence-corrected chi connectivity index (χ1v) is 7.52. The summed E-state index contributed by atoms with van der Waals surface area (Å²) in [4.78, 5) is 24.4. The Balaban J connectivity index is 4.51. The lowest BCUT2D eigenvalue weighted by Crippen LogP contribution is -2.49. The molecule has 0 saturated heterocycles. The number of nitrogens with one attached hydrogen (secondary N) is 1. The van der Waals surface area contributed by atoms with E-state index in [1.807, 2.05) is 6.26 Å². The highest BCUT2D eigenvalue weighted by molar-refractivity contribution is 7.98. The molecule has 0 aromatic heterocycles. The third-order valence-electron chi connectivity index (χ3n) is 2.59. The van der Waals surface area contributed by atoms with Crippen molar-refractivity contribution >= 4 is 23.8 Å². The number of nitriles is 1. The highest BCUT2D eigenvalue weighted by Crippen LogP contribution is 2.04. The zero-order valence-electron chi connectivity index (χ0n) is 11.5. The third kappa shape index (κ3) is 6.91. The molecule has 0 bridgehead atoms. The molecule has 108 valence electrons. The second kappa shape index (κ2) is 9.50. The van der Waals surface area contributed by atoms with Crippen LogP contribution in [-0.4, -0.2) is 53.1 Å². The second-order valence-corrected chi connectivity index (χ2v) is 5.18. The largest absolute Gasteiger partial charge is 0.480 e. The van der Waals surface area contributed by atoms with Crippen LogP contribution in [0.25, 0.3) is 0 Å². The molecule has 0 saturated carbocycles. The Bertz CT molecular complexity index is 344. The van der Waals surface area contributed by atoms with Crippen LogP contribution in [0.4, 0.5) is 4.79 Å². The van der Waals surface area contributed by atoms with E-state index in [9.17, 15) is 9.59 Å². The van der Waals surface area contributed by atoms with Crippen LogP contribution >= 0.6 is 11.8 Å². The van der Waals surface area contributed by atoms with Crippen molar-refractivity contribution in [2.24, 2.45) is 5.92 Å². The van der Waals surface area contributed by atoms with Gasteiger partial charge in [-0.3, -0.25) is 0 Å². The summed E-state index contributed by atoms with van der Waals surface area (Å²) in [6.07, 6.45) is 2.27. The molecule has 0 aromatic carbocycles. The van der Waals surface area contributed by atoms with E-state index in [2.05, 4.69) is 11.4 Å². The number of carbonyl (C=O) groups is 2. The number of urea groups is 1. The van der Waals surface area contributed by atoms with E-state index in [1.54, 1.807) is 13.8 Å². The summed E-state index contributed by atoms with van der Waals surface area (Å²) in [6, 6.07) is 0.738. The molecule has 0 aliphatic carbocycles. The van der Waals surface area contributed by atoms with Gasteiger partial charge in [0, 0.05) is 13.1 Å². The van der Waals surface area contributed by atoms with Gasteiger partial charge in [-0.05, 0) is 32.3 Å². The summed E-state index contributed by atoms with van der Waals surface area (Å²) in [5.74, 6) is -0.648. The van der Waals surface area contributed by atoms with Gasteiger partial charge in [-0.25, -0.2) is 9.59 Å². The molecule has 19 heavy (non-hydrogen) atoms.